The highest BCUT2D eigenvalue weighted by molar-refractivity contribution is 5.75. The van der Waals surface area contributed by atoms with E-state index in [4.69, 9.17) is 0 Å². The zero-order valence-corrected chi connectivity index (χ0v) is 17.2. The summed E-state index contributed by atoms with van der Waals surface area (Å²) in [6.45, 7) is 1.88. The average Bonchev–Trinajstić information content (AvgIpc) is 3.01. The zero-order chi connectivity index (χ0) is 20.7. The monoisotopic (exact) mass is 392 g/mol. The summed E-state index contributed by atoms with van der Waals surface area (Å²) < 4.78 is 3.74. The summed E-state index contributed by atoms with van der Waals surface area (Å²) in [6, 6.07) is 0. The van der Waals surface area contributed by atoms with Crippen LogP contribution in [0.5, 0.6) is 0 Å². The molecule has 2 heterocycles. The van der Waals surface area contributed by atoms with Crippen LogP contribution in [0.1, 0.15) is 70.5 Å². The molecule has 28 heavy (non-hydrogen) atoms. The predicted molar refractivity (Wildman–Crippen MR) is 109 cm³/mol. The van der Waals surface area contributed by atoms with Crippen molar-refractivity contribution in [1.82, 2.24) is 18.7 Å². The Balaban J connectivity index is 2.09. The van der Waals surface area contributed by atoms with E-state index >= 15 is 0 Å². The molecule has 2 rings (SSSR count). The minimum atomic E-state index is -1.04. The standard InChI is InChI=1S/C20H32N4O4/c1-4-5-6-7-8-9-10-11-12-13-15-21-18-17(24(15)14-16(25)26)19(27)23(3)20(28)22(18)2/h4-14H2,1-3H3,(H,25,26). The van der Waals surface area contributed by atoms with Crippen LogP contribution in [0.25, 0.3) is 11.2 Å². The van der Waals surface area contributed by atoms with Gasteiger partial charge in [-0.1, -0.05) is 58.3 Å². The van der Waals surface area contributed by atoms with Crippen LogP contribution in [0.3, 0.4) is 0 Å². The molecule has 2 aromatic rings. The Bertz CT molecular complexity index is 923. The van der Waals surface area contributed by atoms with E-state index < -0.39 is 17.2 Å². The van der Waals surface area contributed by atoms with Crippen LogP contribution >= 0.6 is 0 Å². The number of imidazole rings is 1. The normalized spacial score (nSPS) is 11.4. The van der Waals surface area contributed by atoms with Gasteiger partial charge >= 0.3 is 11.7 Å². The number of carboxylic acids is 1. The lowest BCUT2D eigenvalue weighted by molar-refractivity contribution is -0.137. The molecule has 0 saturated carbocycles. The molecule has 0 unspecified atom stereocenters. The minimum absolute atomic E-state index is 0.179. The second-order valence-electron chi connectivity index (χ2n) is 7.46. The second-order valence-corrected chi connectivity index (χ2v) is 7.46. The van der Waals surface area contributed by atoms with Gasteiger partial charge in [0.25, 0.3) is 5.56 Å². The van der Waals surface area contributed by atoms with Crippen LogP contribution in [-0.4, -0.2) is 29.8 Å². The van der Waals surface area contributed by atoms with Crippen molar-refractivity contribution in [2.75, 3.05) is 0 Å². The first-order valence-electron chi connectivity index (χ1n) is 10.2. The van der Waals surface area contributed by atoms with Gasteiger partial charge in [0.15, 0.2) is 11.2 Å². The van der Waals surface area contributed by atoms with Gasteiger partial charge in [0.1, 0.15) is 12.4 Å². The maximum absolute atomic E-state index is 12.5. The molecule has 0 aliphatic heterocycles. The molecule has 0 bridgehead atoms. The number of unbranched alkanes of at least 4 members (excludes halogenated alkanes) is 8. The third-order valence-electron chi connectivity index (χ3n) is 5.22. The van der Waals surface area contributed by atoms with Crippen molar-refractivity contribution in [2.45, 2.75) is 77.7 Å². The molecular weight excluding hydrogens is 360 g/mol. The highest BCUT2D eigenvalue weighted by atomic mass is 16.4. The van der Waals surface area contributed by atoms with Gasteiger partial charge in [0, 0.05) is 20.5 Å². The van der Waals surface area contributed by atoms with Gasteiger partial charge in [-0.3, -0.25) is 18.7 Å². The molecular formula is C20H32N4O4. The molecule has 0 amide bonds. The van der Waals surface area contributed by atoms with E-state index in [-0.39, 0.29) is 17.7 Å². The van der Waals surface area contributed by atoms with Crippen molar-refractivity contribution >= 4 is 17.1 Å². The Morgan fingerprint density at radius 2 is 1.50 bits per heavy atom. The molecule has 0 radical (unpaired) electrons. The summed E-state index contributed by atoms with van der Waals surface area (Å²) in [6.07, 6.45) is 11.3. The molecule has 8 nitrogen and oxygen atoms in total. The van der Waals surface area contributed by atoms with E-state index in [1.54, 1.807) is 7.05 Å². The first kappa shape index (κ1) is 21.9. The van der Waals surface area contributed by atoms with Crippen molar-refractivity contribution in [3.8, 4) is 0 Å². The lowest BCUT2D eigenvalue weighted by atomic mass is 10.1. The van der Waals surface area contributed by atoms with E-state index in [9.17, 15) is 19.5 Å². The Morgan fingerprint density at radius 3 is 2.07 bits per heavy atom. The molecule has 0 aliphatic rings. The largest absolute Gasteiger partial charge is 0.480 e. The van der Waals surface area contributed by atoms with Crippen molar-refractivity contribution in [3.05, 3.63) is 26.7 Å². The van der Waals surface area contributed by atoms with E-state index in [0.717, 1.165) is 23.8 Å². The van der Waals surface area contributed by atoms with Crippen LogP contribution in [0.2, 0.25) is 0 Å². The number of fused-ring (bicyclic) bond motifs is 1. The number of rotatable bonds is 12. The predicted octanol–water partition coefficient (Wildman–Crippen LogP) is 2.59. The molecule has 156 valence electrons. The van der Waals surface area contributed by atoms with Gasteiger partial charge in [-0.15, -0.1) is 0 Å². The summed E-state index contributed by atoms with van der Waals surface area (Å²) in [5, 5.41) is 9.26. The average molecular weight is 393 g/mol. The lowest BCUT2D eigenvalue weighted by Crippen LogP contribution is -2.37. The fraction of sp³-hybridized carbons (Fsp3) is 0.700. The quantitative estimate of drug-likeness (QED) is 0.560. The summed E-state index contributed by atoms with van der Waals surface area (Å²) >= 11 is 0. The van der Waals surface area contributed by atoms with Crippen LogP contribution in [0.4, 0.5) is 0 Å². The maximum atomic E-state index is 12.5. The molecule has 2 aromatic heterocycles. The topological polar surface area (TPSA) is 99.1 Å². The third-order valence-corrected chi connectivity index (χ3v) is 5.22. The first-order valence-corrected chi connectivity index (χ1v) is 10.2. The Morgan fingerprint density at radius 1 is 0.929 bits per heavy atom. The minimum Gasteiger partial charge on any atom is -0.480 e. The Labute approximate surface area is 164 Å². The summed E-state index contributed by atoms with van der Waals surface area (Å²) in [7, 11) is 2.94. The smallest absolute Gasteiger partial charge is 0.332 e. The second kappa shape index (κ2) is 10.2. The van der Waals surface area contributed by atoms with Gasteiger partial charge in [-0.2, -0.15) is 0 Å². The van der Waals surface area contributed by atoms with E-state index in [1.165, 1.54) is 54.7 Å². The van der Waals surface area contributed by atoms with Crippen molar-refractivity contribution in [3.63, 3.8) is 0 Å². The molecule has 0 aromatic carbocycles. The molecule has 8 heteroatoms. The van der Waals surface area contributed by atoms with Crippen molar-refractivity contribution in [2.24, 2.45) is 14.1 Å². The first-order chi connectivity index (χ1) is 13.4. The van der Waals surface area contributed by atoms with E-state index in [0.29, 0.717) is 12.2 Å². The van der Waals surface area contributed by atoms with Crippen LogP contribution in [0, 0.1) is 0 Å². The number of hydrogen-bond acceptors (Lipinski definition) is 4. The van der Waals surface area contributed by atoms with Crippen LogP contribution in [-0.2, 0) is 31.9 Å². The third kappa shape index (κ3) is 5.11. The number of aromatic nitrogens is 4. The van der Waals surface area contributed by atoms with Crippen molar-refractivity contribution in [1.29, 1.82) is 0 Å². The van der Waals surface area contributed by atoms with E-state index in [2.05, 4.69) is 11.9 Å². The number of aryl methyl sites for hydroxylation is 2. The zero-order valence-electron chi connectivity index (χ0n) is 17.2. The van der Waals surface area contributed by atoms with Gasteiger partial charge < -0.3 is 9.67 Å². The molecule has 1 N–H and O–H groups in total. The molecule has 0 fully saturated rings. The SMILES string of the molecule is CCCCCCCCCCCc1nc2c(c(=O)n(C)c(=O)n2C)n1CC(=O)O. The Hall–Kier alpha value is -2.38. The number of carboxylic acid groups (broad SMARTS) is 1. The number of hydrogen-bond donors (Lipinski definition) is 1. The summed E-state index contributed by atoms with van der Waals surface area (Å²) in [4.78, 5) is 40.4. The fourth-order valence-corrected chi connectivity index (χ4v) is 3.58. The number of aliphatic carboxylic acids is 1. The molecule has 0 spiro atoms. The summed E-state index contributed by atoms with van der Waals surface area (Å²) in [5.41, 5.74) is -0.546. The number of nitrogens with zero attached hydrogens (tertiary/aromatic N) is 4. The van der Waals surface area contributed by atoms with Gasteiger partial charge in [-0.05, 0) is 6.42 Å². The van der Waals surface area contributed by atoms with Crippen LogP contribution < -0.4 is 11.2 Å². The number of carbonyl (C=O) groups is 1. The molecule has 0 aliphatic carbocycles. The fourth-order valence-electron chi connectivity index (χ4n) is 3.58. The summed E-state index contributed by atoms with van der Waals surface area (Å²) in [5.74, 6) is -0.484. The van der Waals surface area contributed by atoms with Crippen molar-refractivity contribution < 1.29 is 9.90 Å². The van der Waals surface area contributed by atoms with E-state index in [1.807, 2.05) is 0 Å². The lowest BCUT2D eigenvalue weighted by Gasteiger charge is -2.07. The highest BCUT2D eigenvalue weighted by Gasteiger charge is 2.20. The molecule has 0 saturated heterocycles. The van der Waals surface area contributed by atoms with Gasteiger partial charge in [0.05, 0.1) is 0 Å². The maximum Gasteiger partial charge on any atom is 0.332 e. The van der Waals surface area contributed by atoms with Gasteiger partial charge in [0.2, 0.25) is 0 Å². The molecule has 0 atom stereocenters. The van der Waals surface area contributed by atoms with Crippen LogP contribution in [0.15, 0.2) is 9.59 Å². The Kier molecular flexibility index (Phi) is 8.02. The highest BCUT2D eigenvalue weighted by Crippen LogP contribution is 2.15. The van der Waals surface area contributed by atoms with Gasteiger partial charge in [-0.25, -0.2) is 9.78 Å².